The second-order valence-electron chi connectivity index (χ2n) is 3.49. The first-order valence-electron chi connectivity index (χ1n) is 4.87. The number of anilines is 1. The third kappa shape index (κ3) is 3.01. The highest BCUT2D eigenvalue weighted by atomic mass is 35.5. The van der Waals surface area contributed by atoms with Crippen LogP contribution in [0, 0.1) is 11.3 Å². The number of hydrogen-bond donors (Lipinski definition) is 3. The fourth-order valence-electron chi connectivity index (χ4n) is 1.40. The summed E-state index contributed by atoms with van der Waals surface area (Å²) in [6, 6.07) is 4.64. The molecule has 2 unspecified atom stereocenters. The lowest BCUT2D eigenvalue weighted by atomic mass is 10.0. The molecule has 0 spiro atoms. The highest BCUT2D eigenvalue weighted by molar-refractivity contribution is 6.31. The molecule has 0 bridgehead atoms. The maximum Gasteiger partial charge on any atom is 0.142 e. The van der Waals surface area contributed by atoms with Crippen LogP contribution < -0.4 is 10.5 Å². The van der Waals surface area contributed by atoms with Crippen molar-refractivity contribution in [2.45, 2.75) is 18.6 Å². The van der Waals surface area contributed by atoms with E-state index in [1.807, 2.05) is 0 Å². The Morgan fingerprint density at radius 3 is 2.71 bits per heavy atom. The van der Waals surface area contributed by atoms with Gasteiger partial charge in [0.15, 0.2) is 0 Å². The molecule has 0 saturated heterocycles. The molecule has 4 N–H and O–H groups in total. The molecule has 5 nitrogen and oxygen atoms in total. The molecule has 0 aliphatic heterocycles. The summed E-state index contributed by atoms with van der Waals surface area (Å²) >= 11 is 5.91. The molecule has 0 aromatic heterocycles. The number of benzene rings is 1. The number of rotatable bonds is 4. The number of ether oxygens (including phenoxy) is 1. The summed E-state index contributed by atoms with van der Waals surface area (Å²) < 4.78 is 4.99. The summed E-state index contributed by atoms with van der Waals surface area (Å²) in [6.45, 7) is 0. The van der Waals surface area contributed by atoms with Crippen molar-refractivity contribution < 1.29 is 14.9 Å². The molecule has 1 aromatic rings. The van der Waals surface area contributed by atoms with E-state index in [0.29, 0.717) is 11.4 Å². The van der Waals surface area contributed by atoms with Gasteiger partial charge < -0.3 is 20.7 Å². The first kappa shape index (κ1) is 13.6. The van der Waals surface area contributed by atoms with E-state index in [1.165, 1.54) is 19.2 Å². The van der Waals surface area contributed by atoms with Crippen molar-refractivity contribution in [1.82, 2.24) is 0 Å². The van der Waals surface area contributed by atoms with Crippen LogP contribution in [0.25, 0.3) is 0 Å². The van der Waals surface area contributed by atoms with Crippen LogP contribution in [-0.2, 0) is 0 Å². The van der Waals surface area contributed by atoms with E-state index in [1.54, 1.807) is 6.07 Å². The molecule has 0 heterocycles. The predicted molar refractivity (Wildman–Crippen MR) is 63.6 cm³/mol. The summed E-state index contributed by atoms with van der Waals surface area (Å²) in [7, 11) is 1.43. The topological polar surface area (TPSA) is 99.5 Å². The molecule has 92 valence electrons. The fraction of sp³-hybridized carbons (Fsp3) is 0.364. The van der Waals surface area contributed by atoms with E-state index in [-0.39, 0.29) is 17.0 Å². The van der Waals surface area contributed by atoms with Gasteiger partial charge in [0.1, 0.15) is 11.9 Å². The Hall–Kier alpha value is -1.48. The normalized spacial score (nSPS) is 13.8. The molecule has 2 atom stereocenters. The van der Waals surface area contributed by atoms with Gasteiger partial charge in [-0.05, 0) is 12.1 Å². The lowest BCUT2D eigenvalue weighted by Gasteiger charge is -2.18. The van der Waals surface area contributed by atoms with Crippen LogP contribution in [0.1, 0.15) is 18.1 Å². The highest BCUT2D eigenvalue weighted by Crippen LogP contribution is 2.34. The molecule has 0 radical (unpaired) electrons. The molecular weight excluding hydrogens is 244 g/mol. The van der Waals surface area contributed by atoms with Crippen LogP contribution in [0.3, 0.4) is 0 Å². The number of nitrogens with zero attached hydrogens (tertiary/aromatic N) is 1. The van der Waals surface area contributed by atoms with E-state index >= 15 is 0 Å². The second-order valence-corrected chi connectivity index (χ2v) is 3.90. The maximum absolute atomic E-state index is 9.83. The van der Waals surface area contributed by atoms with Gasteiger partial charge in [-0.15, -0.1) is 0 Å². The molecule has 0 aliphatic rings. The van der Waals surface area contributed by atoms with Crippen molar-refractivity contribution in [2.75, 3.05) is 12.8 Å². The lowest BCUT2D eigenvalue weighted by Crippen LogP contribution is -2.18. The smallest absolute Gasteiger partial charge is 0.142 e. The third-order valence-electron chi connectivity index (χ3n) is 2.33. The minimum Gasteiger partial charge on any atom is -0.495 e. The number of nitrogen functional groups attached to an aromatic ring is 1. The molecular formula is C11H13ClN2O3. The van der Waals surface area contributed by atoms with E-state index in [4.69, 9.17) is 27.3 Å². The number of aliphatic hydroxyl groups is 2. The van der Waals surface area contributed by atoms with Gasteiger partial charge in [-0.2, -0.15) is 5.26 Å². The van der Waals surface area contributed by atoms with Crippen molar-refractivity contribution >= 4 is 17.3 Å². The van der Waals surface area contributed by atoms with Crippen LogP contribution in [0.2, 0.25) is 5.02 Å². The Morgan fingerprint density at radius 1 is 1.53 bits per heavy atom. The van der Waals surface area contributed by atoms with Gasteiger partial charge in [0, 0.05) is 10.6 Å². The molecule has 1 rings (SSSR count). The first-order chi connectivity index (χ1) is 8.01. The number of nitrogens with two attached hydrogens (primary N) is 1. The van der Waals surface area contributed by atoms with Gasteiger partial charge >= 0.3 is 0 Å². The van der Waals surface area contributed by atoms with Crippen molar-refractivity contribution in [3.63, 3.8) is 0 Å². The Balaban J connectivity index is 3.09. The standard InChI is InChI=1S/C11H13ClN2O3/c1-17-10-4-6(7(12)5-8(10)14)11(16)9(15)2-3-13/h4-5,9,11,15-16H,2,14H2,1H3. The summed E-state index contributed by atoms with van der Waals surface area (Å²) in [5, 5.41) is 28.0. The molecule has 0 fully saturated rings. The zero-order valence-electron chi connectivity index (χ0n) is 9.22. The number of nitriles is 1. The Bertz CT molecular complexity index is 445. The lowest BCUT2D eigenvalue weighted by molar-refractivity contribution is 0.0216. The Morgan fingerprint density at radius 2 is 2.18 bits per heavy atom. The number of aliphatic hydroxyl groups excluding tert-OH is 2. The summed E-state index contributed by atoms with van der Waals surface area (Å²) in [5.74, 6) is 0.354. The van der Waals surface area contributed by atoms with E-state index in [9.17, 15) is 10.2 Å². The molecule has 0 aliphatic carbocycles. The zero-order valence-corrected chi connectivity index (χ0v) is 9.98. The Kier molecular flexibility index (Phi) is 4.58. The number of methoxy groups -OCH3 is 1. The average molecular weight is 257 g/mol. The maximum atomic E-state index is 9.83. The zero-order chi connectivity index (χ0) is 13.0. The first-order valence-corrected chi connectivity index (χ1v) is 5.25. The molecule has 17 heavy (non-hydrogen) atoms. The van der Waals surface area contributed by atoms with Gasteiger partial charge in [-0.25, -0.2) is 0 Å². The summed E-state index contributed by atoms with van der Waals surface area (Å²) in [6.07, 6.45) is -2.65. The van der Waals surface area contributed by atoms with E-state index in [2.05, 4.69) is 0 Å². The van der Waals surface area contributed by atoms with Crippen LogP contribution >= 0.6 is 11.6 Å². The van der Waals surface area contributed by atoms with Crippen molar-refractivity contribution in [3.8, 4) is 11.8 Å². The largest absolute Gasteiger partial charge is 0.495 e. The third-order valence-corrected chi connectivity index (χ3v) is 2.66. The quantitative estimate of drug-likeness (QED) is 0.704. The van der Waals surface area contributed by atoms with E-state index in [0.717, 1.165) is 0 Å². The SMILES string of the molecule is COc1cc(C(O)C(O)CC#N)c(Cl)cc1N. The molecule has 0 amide bonds. The summed E-state index contributed by atoms with van der Waals surface area (Å²) in [4.78, 5) is 0. The molecule has 6 heteroatoms. The predicted octanol–water partition coefficient (Wildman–Crippen LogP) is 1.24. The average Bonchev–Trinajstić information content (AvgIpc) is 2.29. The summed E-state index contributed by atoms with van der Waals surface area (Å²) in [5.41, 5.74) is 6.24. The van der Waals surface area contributed by atoms with Gasteiger partial charge in [0.05, 0.1) is 31.4 Å². The van der Waals surface area contributed by atoms with Crippen LogP contribution in [0.5, 0.6) is 5.75 Å². The van der Waals surface area contributed by atoms with E-state index < -0.39 is 12.2 Å². The van der Waals surface area contributed by atoms with Crippen LogP contribution in [-0.4, -0.2) is 23.4 Å². The molecule has 1 aromatic carbocycles. The highest BCUT2D eigenvalue weighted by Gasteiger charge is 2.22. The van der Waals surface area contributed by atoms with Crippen molar-refractivity contribution in [2.24, 2.45) is 0 Å². The second kappa shape index (κ2) is 5.73. The minimum atomic E-state index is -1.25. The van der Waals surface area contributed by atoms with Crippen LogP contribution in [0.15, 0.2) is 12.1 Å². The van der Waals surface area contributed by atoms with Crippen LogP contribution in [0.4, 0.5) is 5.69 Å². The van der Waals surface area contributed by atoms with Gasteiger partial charge in [0.25, 0.3) is 0 Å². The van der Waals surface area contributed by atoms with Crippen molar-refractivity contribution in [1.29, 1.82) is 5.26 Å². The van der Waals surface area contributed by atoms with Gasteiger partial charge in [-0.1, -0.05) is 11.6 Å². The van der Waals surface area contributed by atoms with Gasteiger partial charge in [0.2, 0.25) is 0 Å². The number of hydrogen-bond acceptors (Lipinski definition) is 5. The monoisotopic (exact) mass is 256 g/mol. The minimum absolute atomic E-state index is 0.190. The molecule has 0 saturated carbocycles. The number of halogens is 1. The van der Waals surface area contributed by atoms with Crippen molar-refractivity contribution in [3.05, 3.63) is 22.7 Å². The fourth-order valence-corrected chi connectivity index (χ4v) is 1.68. The Labute approximate surface area is 104 Å². The van der Waals surface area contributed by atoms with Gasteiger partial charge in [-0.3, -0.25) is 0 Å².